The average Bonchev–Trinajstić information content (AvgIpc) is 2.62. The van der Waals surface area contributed by atoms with E-state index >= 15 is 0 Å². The highest BCUT2D eigenvalue weighted by Gasteiger charge is 2.15. The Morgan fingerprint density at radius 3 is 2.46 bits per heavy atom. The third-order valence-corrected chi connectivity index (χ3v) is 3.86. The lowest BCUT2D eigenvalue weighted by Crippen LogP contribution is -2.32. The van der Waals surface area contributed by atoms with Gasteiger partial charge in [0.2, 0.25) is 5.91 Å². The van der Waals surface area contributed by atoms with Gasteiger partial charge in [-0.3, -0.25) is 4.79 Å². The maximum absolute atomic E-state index is 12.4. The maximum atomic E-state index is 12.4. The standard InChI is InChI=1S/C20H17N3O/c1-14(20(24)23-18-11-5-3-8-16(18)13-21)22-19-12-6-9-15-7-2-4-10-17(15)19/h2-12,14,22H,1H3,(H,23,24)/t14-/m0/s1. The van der Waals surface area contributed by atoms with Crippen LogP contribution in [0.1, 0.15) is 12.5 Å². The van der Waals surface area contributed by atoms with Gasteiger partial charge in [-0.2, -0.15) is 5.26 Å². The molecule has 4 heteroatoms. The summed E-state index contributed by atoms with van der Waals surface area (Å²) in [7, 11) is 0. The van der Waals surface area contributed by atoms with Crippen molar-refractivity contribution in [2.45, 2.75) is 13.0 Å². The predicted molar refractivity (Wildman–Crippen MR) is 96.8 cm³/mol. The van der Waals surface area contributed by atoms with E-state index in [0.717, 1.165) is 16.5 Å². The van der Waals surface area contributed by atoms with E-state index in [0.29, 0.717) is 11.3 Å². The first kappa shape index (κ1) is 15.6. The van der Waals surface area contributed by atoms with Crippen molar-refractivity contribution in [3.05, 3.63) is 72.3 Å². The van der Waals surface area contributed by atoms with E-state index in [1.807, 2.05) is 42.5 Å². The Hall–Kier alpha value is -3.32. The Balaban J connectivity index is 1.78. The topological polar surface area (TPSA) is 64.9 Å². The summed E-state index contributed by atoms with van der Waals surface area (Å²) in [5, 5.41) is 17.3. The van der Waals surface area contributed by atoms with Crippen LogP contribution in [0.4, 0.5) is 11.4 Å². The number of carbonyl (C=O) groups is 1. The van der Waals surface area contributed by atoms with Crippen molar-refractivity contribution in [3.8, 4) is 6.07 Å². The summed E-state index contributed by atoms with van der Waals surface area (Å²) < 4.78 is 0. The summed E-state index contributed by atoms with van der Waals surface area (Å²) in [5.74, 6) is -0.189. The zero-order valence-corrected chi connectivity index (χ0v) is 13.3. The van der Waals surface area contributed by atoms with Crippen LogP contribution in [0.15, 0.2) is 66.7 Å². The summed E-state index contributed by atoms with van der Waals surface area (Å²) in [5.41, 5.74) is 1.88. The number of carbonyl (C=O) groups excluding carboxylic acids is 1. The molecule has 3 rings (SSSR count). The smallest absolute Gasteiger partial charge is 0.246 e. The summed E-state index contributed by atoms with van der Waals surface area (Å²) in [6, 6.07) is 22.6. The molecule has 24 heavy (non-hydrogen) atoms. The highest BCUT2D eigenvalue weighted by atomic mass is 16.2. The molecule has 118 valence electrons. The van der Waals surface area contributed by atoms with Crippen LogP contribution < -0.4 is 10.6 Å². The molecule has 3 aromatic rings. The van der Waals surface area contributed by atoms with E-state index in [-0.39, 0.29) is 5.91 Å². The predicted octanol–water partition coefficient (Wildman–Crippen LogP) is 4.15. The monoisotopic (exact) mass is 315 g/mol. The zero-order chi connectivity index (χ0) is 16.9. The highest BCUT2D eigenvalue weighted by molar-refractivity contribution is 6.00. The van der Waals surface area contributed by atoms with Crippen molar-refractivity contribution in [2.24, 2.45) is 0 Å². The lowest BCUT2D eigenvalue weighted by molar-refractivity contribution is -0.116. The number of rotatable bonds is 4. The normalized spacial score (nSPS) is 11.5. The Morgan fingerprint density at radius 1 is 0.958 bits per heavy atom. The van der Waals surface area contributed by atoms with Gasteiger partial charge in [0.15, 0.2) is 0 Å². The largest absolute Gasteiger partial charge is 0.373 e. The number of hydrogen-bond acceptors (Lipinski definition) is 3. The third kappa shape index (κ3) is 3.21. The van der Waals surface area contributed by atoms with Crippen molar-refractivity contribution in [1.29, 1.82) is 5.26 Å². The van der Waals surface area contributed by atoms with E-state index in [2.05, 4.69) is 16.7 Å². The third-order valence-electron chi connectivity index (χ3n) is 3.86. The molecule has 0 aromatic heterocycles. The first-order chi connectivity index (χ1) is 11.7. The summed E-state index contributed by atoms with van der Waals surface area (Å²) in [6.07, 6.45) is 0. The fourth-order valence-electron chi connectivity index (χ4n) is 2.58. The number of nitrogens with one attached hydrogen (secondary N) is 2. The van der Waals surface area contributed by atoms with Crippen molar-refractivity contribution in [1.82, 2.24) is 0 Å². The van der Waals surface area contributed by atoms with E-state index in [1.54, 1.807) is 31.2 Å². The van der Waals surface area contributed by atoms with Crippen LogP contribution in [0, 0.1) is 11.3 Å². The number of hydrogen-bond donors (Lipinski definition) is 2. The van der Waals surface area contributed by atoms with Gasteiger partial charge in [-0.15, -0.1) is 0 Å². The molecule has 0 spiro atoms. The second kappa shape index (κ2) is 6.84. The van der Waals surface area contributed by atoms with Crippen molar-refractivity contribution < 1.29 is 4.79 Å². The molecular weight excluding hydrogens is 298 g/mol. The Kier molecular flexibility index (Phi) is 4.44. The van der Waals surface area contributed by atoms with Crippen LogP contribution in [0.2, 0.25) is 0 Å². The molecule has 0 bridgehead atoms. The van der Waals surface area contributed by atoms with Crippen LogP contribution in [0.25, 0.3) is 10.8 Å². The molecule has 4 nitrogen and oxygen atoms in total. The van der Waals surface area contributed by atoms with Gasteiger partial charge in [0, 0.05) is 11.1 Å². The molecule has 0 aliphatic rings. The summed E-state index contributed by atoms with van der Waals surface area (Å²) >= 11 is 0. The second-order valence-electron chi connectivity index (χ2n) is 5.54. The molecule has 0 unspecified atom stereocenters. The molecule has 0 aliphatic carbocycles. The number of fused-ring (bicyclic) bond motifs is 1. The van der Waals surface area contributed by atoms with E-state index in [4.69, 9.17) is 5.26 Å². The van der Waals surface area contributed by atoms with Gasteiger partial charge >= 0.3 is 0 Å². The van der Waals surface area contributed by atoms with E-state index in [9.17, 15) is 4.79 Å². The van der Waals surface area contributed by atoms with Gasteiger partial charge in [0.25, 0.3) is 0 Å². The van der Waals surface area contributed by atoms with Gasteiger partial charge in [-0.25, -0.2) is 0 Å². The Morgan fingerprint density at radius 2 is 1.62 bits per heavy atom. The Labute approximate surface area is 140 Å². The van der Waals surface area contributed by atoms with E-state index in [1.165, 1.54) is 0 Å². The molecule has 1 amide bonds. The summed E-state index contributed by atoms with van der Waals surface area (Å²) in [6.45, 7) is 1.80. The number of para-hydroxylation sites is 1. The van der Waals surface area contributed by atoms with Gasteiger partial charge in [0.1, 0.15) is 12.1 Å². The molecule has 0 aliphatic heterocycles. The fourth-order valence-corrected chi connectivity index (χ4v) is 2.58. The molecule has 0 saturated carbocycles. The number of nitrogens with zero attached hydrogens (tertiary/aromatic N) is 1. The minimum Gasteiger partial charge on any atom is -0.373 e. The first-order valence-electron chi connectivity index (χ1n) is 7.73. The van der Waals surface area contributed by atoms with Gasteiger partial charge in [-0.05, 0) is 30.5 Å². The Bertz CT molecular complexity index is 922. The first-order valence-corrected chi connectivity index (χ1v) is 7.73. The zero-order valence-electron chi connectivity index (χ0n) is 13.3. The minimum atomic E-state index is -0.442. The van der Waals surface area contributed by atoms with Crippen molar-refractivity contribution in [2.75, 3.05) is 10.6 Å². The SMILES string of the molecule is C[C@H](Nc1cccc2ccccc12)C(=O)Nc1ccccc1C#N. The molecule has 0 radical (unpaired) electrons. The van der Waals surface area contributed by atoms with Crippen molar-refractivity contribution in [3.63, 3.8) is 0 Å². The molecule has 0 heterocycles. The number of amides is 1. The quantitative estimate of drug-likeness (QED) is 0.760. The number of nitriles is 1. The van der Waals surface area contributed by atoms with Gasteiger partial charge in [-0.1, -0.05) is 48.5 Å². The van der Waals surface area contributed by atoms with Crippen LogP contribution >= 0.6 is 0 Å². The molecule has 0 fully saturated rings. The second-order valence-corrected chi connectivity index (χ2v) is 5.54. The molecule has 1 atom stereocenters. The lowest BCUT2D eigenvalue weighted by atomic mass is 10.1. The maximum Gasteiger partial charge on any atom is 0.246 e. The van der Waals surface area contributed by atoms with Crippen LogP contribution in [-0.4, -0.2) is 11.9 Å². The molecule has 3 aromatic carbocycles. The lowest BCUT2D eigenvalue weighted by Gasteiger charge is -2.17. The van der Waals surface area contributed by atoms with Crippen molar-refractivity contribution >= 4 is 28.1 Å². The van der Waals surface area contributed by atoms with Crippen LogP contribution in [-0.2, 0) is 4.79 Å². The molecule has 0 saturated heterocycles. The minimum absolute atomic E-state index is 0.189. The van der Waals surface area contributed by atoms with Crippen LogP contribution in [0.5, 0.6) is 0 Å². The molecular formula is C20H17N3O. The van der Waals surface area contributed by atoms with Gasteiger partial charge < -0.3 is 10.6 Å². The van der Waals surface area contributed by atoms with Crippen LogP contribution in [0.3, 0.4) is 0 Å². The molecule has 2 N–H and O–H groups in total. The number of anilines is 2. The average molecular weight is 315 g/mol. The highest BCUT2D eigenvalue weighted by Crippen LogP contribution is 2.24. The van der Waals surface area contributed by atoms with E-state index < -0.39 is 6.04 Å². The van der Waals surface area contributed by atoms with Gasteiger partial charge in [0.05, 0.1) is 11.3 Å². The summed E-state index contributed by atoms with van der Waals surface area (Å²) in [4.78, 5) is 12.4. The number of benzene rings is 3. The fraction of sp³-hybridized carbons (Fsp3) is 0.100.